The lowest BCUT2D eigenvalue weighted by Gasteiger charge is -2.09. The molecule has 0 spiro atoms. The molecule has 0 unspecified atom stereocenters. The predicted octanol–water partition coefficient (Wildman–Crippen LogP) is 0.0556. The summed E-state index contributed by atoms with van der Waals surface area (Å²) in [5.74, 6) is 0.711. The lowest BCUT2D eigenvalue weighted by Crippen LogP contribution is -2.24. The van der Waals surface area contributed by atoms with Gasteiger partial charge in [-0.1, -0.05) is 6.07 Å². The smallest absolute Gasteiger partial charge is 0.343 e. The van der Waals surface area contributed by atoms with Crippen LogP contribution >= 0.6 is 0 Å². The van der Waals surface area contributed by atoms with Crippen molar-refractivity contribution in [3.63, 3.8) is 0 Å². The fourth-order valence-electron chi connectivity index (χ4n) is 1.76. The second kappa shape index (κ2) is 6.12. The Morgan fingerprint density at radius 3 is 2.62 bits per heavy atom. The molecule has 0 atom stereocenters. The van der Waals surface area contributed by atoms with Crippen LogP contribution in [-0.4, -0.2) is 34.9 Å². The molecule has 0 aliphatic carbocycles. The zero-order valence-corrected chi connectivity index (χ0v) is 12.0. The molecule has 0 fully saturated rings. The predicted molar refractivity (Wildman–Crippen MR) is 74.5 cm³/mol. The van der Waals surface area contributed by atoms with Gasteiger partial charge in [0.1, 0.15) is 0 Å². The average Bonchev–Trinajstić information content (AvgIpc) is 2.84. The Kier molecular flexibility index (Phi) is 4.27. The van der Waals surface area contributed by atoms with E-state index in [1.807, 2.05) is 6.07 Å². The molecule has 0 radical (unpaired) electrons. The highest BCUT2D eigenvalue weighted by Gasteiger charge is 2.12. The minimum Gasteiger partial charge on any atom is -0.493 e. The van der Waals surface area contributed by atoms with E-state index in [1.165, 1.54) is 7.05 Å². The van der Waals surface area contributed by atoms with Crippen molar-refractivity contribution in [3.8, 4) is 11.5 Å². The SMILES string of the molecule is COc1ccc(CNC(=O)c2nn(C)c(=O)[nH]2)cc1OC. The molecule has 112 valence electrons. The number of carbonyl (C=O) groups excluding carboxylic acids is 1. The largest absolute Gasteiger partial charge is 0.493 e. The molecular weight excluding hydrogens is 276 g/mol. The molecule has 8 heteroatoms. The van der Waals surface area contributed by atoms with Gasteiger partial charge in [0.15, 0.2) is 11.5 Å². The van der Waals surface area contributed by atoms with Gasteiger partial charge in [0, 0.05) is 13.6 Å². The fourth-order valence-corrected chi connectivity index (χ4v) is 1.76. The monoisotopic (exact) mass is 292 g/mol. The number of methoxy groups -OCH3 is 2. The quantitative estimate of drug-likeness (QED) is 0.811. The van der Waals surface area contributed by atoms with Crippen LogP contribution in [0.15, 0.2) is 23.0 Å². The number of aryl methyl sites for hydroxylation is 1. The average molecular weight is 292 g/mol. The van der Waals surface area contributed by atoms with Gasteiger partial charge >= 0.3 is 5.69 Å². The van der Waals surface area contributed by atoms with Crippen LogP contribution in [0.5, 0.6) is 11.5 Å². The first kappa shape index (κ1) is 14.6. The molecule has 21 heavy (non-hydrogen) atoms. The molecule has 0 saturated heterocycles. The molecule has 2 rings (SSSR count). The second-order valence-electron chi connectivity index (χ2n) is 4.27. The number of aromatic nitrogens is 3. The minimum atomic E-state index is -0.456. The number of nitrogens with one attached hydrogen (secondary N) is 2. The maximum atomic E-state index is 11.8. The first-order valence-electron chi connectivity index (χ1n) is 6.17. The highest BCUT2D eigenvalue weighted by atomic mass is 16.5. The summed E-state index contributed by atoms with van der Waals surface area (Å²) in [6.45, 7) is 0.276. The van der Waals surface area contributed by atoms with Crippen LogP contribution < -0.4 is 20.5 Å². The molecule has 1 aromatic heterocycles. The van der Waals surface area contributed by atoms with Crippen LogP contribution in [0.2, 0.25) is 0 Å². The topological polar surface area (TPSA) is 98.2 Å². The van der Waals surface area contributed by atoms with Gasteiger partial charge in [0.2, 0.25) is 5.82 Å². The molecular formula is C13H16N4O4. The Balaban J connectivity index is 2.06. The number of rotatable bonds is 5. The fraction of sp³-hybridized carbons (Fsp3) is 0.308. The summed E-state index contributed by atoms with van der Waals surface area (Å²) in [6, 6.07) is 5.33. The molecule has 2 N–H and O–H groups in total. The van der Waals surface area contributed by atoms with Gasteiger partial charge < -0.3 is 14.8 Å². The molecule has 8 nitrogen and oxygen atoms in total. The molecule has 2 aromatic rings. The second-order valence-corrected chi connectivity index (χ2v) is 4.27. The molecule has 0 bridgehead atoms. The molecule has 0 aliphatic rings. The third-order valence-electron chi connectivity index (χ3n) is 2.89. The van der Waals surface area contributed by atoms with Crippen molar-refractivity contribution < 1.29 is 14.3 Å². The van der Waals surface area contributed by atoms with Gasteiger partial charge in [-0.25, -0.2) is 9.48 Å². The number of aromatic amines is 1. The van der Waals surface area contributed by atoms with Crippen LogP contribution in [0.1, 0.15) is 16.2 Å². The van der Waals surface area contributed by atoms with Gasteiger partial charge in [-0.2, -0.15) is 0 Å². The third kappa shape index (κ3) is 3.22. The van der Waals surface area contributed by atoms with Gasteiger partial charge in [-0.15, -0.1) is 5.10 Å². The molecule has 1 aromatic carbocycles. The standard InChI is InChI=1S/C13H16N4O4/c1-17-13(19)15-11(16-17)12(18)14-7-8-4-5-9(20-2)10(6-8)21-3/h4-6H,7H2,1-3H3,(H,14,18)(H,15,16,19). The number of hydrogen-bond acceptors (Lipinski definition) is 5. The van der Waals surface area contributed by atoms with Gasteiger partial charge in [0.05, 0.1) is 14.2 Å². The van der Waals surface area contributed by atoms with E-state index in [2.05, 4.69) is 15.4 Å². The molecule has 1 heterocycles. The first-order valence-corrected chi connectivity index (χ1v) is 6.17. The van der Waals surface area contributed by atoms with Crippen LogP contribution in [0, 0.1) is 0 Å². The highest BCUT2D eigenvalue weighted by Crippen LogP contribution is 2.27. The van der Waals surface area contributed by atoms with Crippen molar-refractivity contribution >= 4 is 5.91 Å². The minimum absolute atomic E-state index is 0.0250. The molecule has 0 aliphatic heterocycles. The lowest BCUT2D eigenvalue weighted by atomic mass is 10.2. The number of hydrogen-bond donors (Lipinski definition) is 2. The maximum Gasteiger partial charge on any atom is 0.343 e. The summed E-state index contributed by atoms with van der Waals surface area (Å²) >= 11 is 0. The van der Waals surface area contributed by atoms with E-state index in [4.69, 9.17) is 9.47 Å². The lowest BCUT2D eigenvalue weighted by molar-refractivity contribution is 0.0940. The zero-order valence-electron chi connectivity index (χ0n) is 12.0. The van der Waals surface area contributed by atoms with E-state index in [-0.39, 0.29) is 12.4 Å². The number of carbonyl (C=O) groups is 1. The van der Waals surface area contributed by atoms with E-state index in [0.717, 1.165) is 10.2 Å². The van der Waals surface area contributed by atoms with Crippen molar-refractivity contribution in [3.05, 3.63) is 40.1 Å². The number of ether oxygens (including phenoxy) is 2. The van der Waals surface area contributed by atoms with Crippen molar-refractivity contribution in [2.75, 3.05) is 14.2 Å². The third-order valence-corrected chi connectivity index (χ3v) is 2.89. The van der Waals surface area contributed by atoms with E-state index < -0.39 is 11.6 Å². The Labute approximate surface area is 120 Å². The summed E-state index contributed by atoms with van der Waals surface area (Å²) in [5.41, 5.74) is 0.394. The highest BCUT2D eigenvalue weighted by molar-refractivity contribution is 5.90. The van der Waals surface area contributed by atoms with Crippen LogP contribution in [0.4, 0.5) is 0 Å². The van der Waals surface area contributed by atoms with E-state index >= 15 is 0 Å². The van der Waals surface area contributed by atoms with Gasteiger partial charge in [-0.05, 0) is 17.7 Å². The Bertz CT molecular complexity index is 704. The zero-order chi connectivity index (χ0) is 15.4. The van der Waals surface area contributed by atoms with Crippen molar-refractivity contribution in [2.24, 2.45) is 7.05 Å². The number of nitrogens with zero attached hydrogens (tertiary/aromatic N) is 2. The van der Waals surface area contributed by atoms with Crippen LogP contribution in [0.25, 0.3) is 0 Å². The Morgan fingerprint density at radius 2 is 2.05 bits per heavy atom. The van der Waals surface area contributed by atoms with E-state index in [1.54, 1.807) is 26.4 Å². The van der Waals surface area contributed by atoms with E-state index in [9.17, 15) is 9.59 Å². The van der Waals surface area contributed by atoms with Gasteiger partial charge in [0.25, 0.3) is 5.91 Å². The summed E-state index contributed by atoms with van der Waals surface area (Å²) in [5, 5.41) is 6.44. The van der Waals surface area contributed by atoms with Crippen LogP contribution in [0.3, 0.4) is 0 Å². The first-order chi connectivity index (χ1) is 10.0. The summed E-state index contributed by atoms with van der Waals surface area (Å²) in [6.07, 6.45) is 0. The van der Waals surface area contributed by atoms with Crippen LogP contribution in [-0.2, 0) is 13.6 Å². The number of benzene rings is 1. The van der Waals surface area contributed by atoms with E-state index in [0.29, 0.717) is 11.5 Å². The number of amides is 1. The number of H-pyrrole nitrogens is 1. The normalized spacial score (nSPS) is 10.2. The Hall–Kier alpha value is -2.77. The van der Waals surface area contributed by atoms with Gasteiger partial charge in [-0.3, -0.25) is 9.78 Å². The maximum absolute atomic E-state index is 11.8. The summed E-state index contributed by atoms with van der Waals surface area (Å²) < 4.78 is 11.4. The molecule has 0 saturated carbocycles. The van der Waals surface area contributed by atoms with Crippen molar-refractivity contribution in [2.45, 2.75) is 6.54 Å². The summed E-state index contributed by atoms with van der Waals surface area (Å²) in [4.78, 5) is 25.4. The Morgan fingerprint density at radius 1 is 1.33 bits per heavy atom. The van der Waals surface area contributed by atoms with Crippen molar-refractivity contribution in [1.82, 2.24) is 20.1 Å². The molecule has 1 amide bonds. The summed E-state index contributed by atoms with van der Waals surface area (Å²) in [7, 11) is 4.56. The van der Waals surface area contributed by atoms with Crippen molar-refractivity contribution in [1.29, 1.82) is 0 Å².